The van der Waals surface area contributed by atoms with Crippen molar-refractivity contribution in [3.63, 3.8) is 0 Å². The third kappa shape index (κ3) is 7.25. The minimum atomic E-state index is -0.245. The van der Waals surface area contributed by atoms with E-state index in [2.05, 4.69) is 20.1 Å². The van der Waals surface area contributed by atoms with Crippen molar-refractivity contribution in [2.45, 2.75) is 32.0 Å². The summed E-state index contributed by atoms with van der Waals surface area (Å²) in [6, 6.07) is 16.4. The highest BCUT2D eigenvalue weighted by molar-refractivity contribution is 5.96. The second-order valence-electron chi connectivity index (χ2n) is 10.3. The molecule has 5 rings (SSSR count). The Morgan fingerprint density at radius 2 is 1.28 bits per heavy atom. The smallest absolute Gasteiger partial charge is 0.272 e. The van der Waals surface area contributed by atoms with Crippen LogP contribution in [-0.2, 0) is 13.1 Å². The van der Waals surface area contributed by atoms with Gasteiger partial charge >= 0.3 is 0 Å². The molecule has 9 heteroatoms. The molecule has 0 radical (unpaired) electrons. The van der Waals surface area contributed by atoms with Crippen molar-refractivity contribution in [1.29, 1.82) is 0 Å². The summed E-state index contributed by atoms with van der Waals surface area (Å²) in [6.07, 6.45) is 3.14. The number of pyridine rings is 1. The number of hydrogen-bond acceptors (Lipinski definition) is 5. The lowest BCUT2D eigenvalue weighted by atomic mass is 10.0. The Balaban J connectivity index is 1.05. The van der Waals surface area contributed by atoms with Crippen LogP contribution in [0.4, 0.5) is 8.78 Å². The summed E-state index contributed by atoms with van der Waals surface area (Å²) < 4.78 is 26.3. The molecule has 0 spiro atoms. The van der Waals surface area contributed by atoms with Crippen molar-refractivity contribution in [1.82, 2.24) is 25.0 Å². The van der Waals surface area contributed by atoms with Gasteiger partial charge in [-0.15, -0.1) is 0 Å². The first-order valence-corrected chi connectivity index (χ1v) is 13.4. The molecular weight excluding hydrogens is 500 g/mol. The number of halogens is 2. The van der Waals surface area contributed by atoms with Gasteiger partial charge in [0.2, 0.25) is 0 Å². The normalized spacial score (nSPS) is 17.2. The van der Waals surface area contributed by atoms with Crippen LogP contribution in [0, 0.1) is 11.6 Å². The van der Waals surface area contributed by atoms with Crippen LogP contribution < -0.4 is 5.32 Å². The number of nitrogens with one attached hydrogen (secondary N) is 1. The average Bonchev–Trinajstić information content (AvgIpc) is 2.96. The summed E-state index contributed by atoms with van der Waals surface area (Å²) in [6.45, 7) is 5.82. The Hall–Kier alpha value is -3.69. The monoisotopic (exact) mass is 533 g/mol. The third-order valence-electron chi connectivity index (χ3n) is 7.47. The highest BCUT2D eigenvalue weighted by atomic mass is 19.1. The summed E-state index contributed by atoms with van der Waals surface area (Å²) in [5.74, 6) is -0.805. The van der Waals surface area contributed by atoms with E-state index in [9.17, 15) is 18.4 Å². The number of hydrogen-bond donors (Lipinski definition) is 1. The molecule has 3 aromatic rings. The molecule has 2 amide bonds. The number of carbonyl (C=O) groups excluding carboxylic acids is 2. The maximum atomic E-state index is 13.1. The number of aromatic nitrogens is 1. The molecule has 2 saturated heterocycles. The van der Waals surface area contributed by atoms with Gasteiger partial charge in [-0.2, -0.15) is 0 Å². The van der Waals surface area contributed by atoms with Gasteiger partial charge in [-0.3, -0.25) is 24.4 Å². The molecule has 0 bridgehead atoms. The van der Waals surface area contributed by atoms with E-state index in [1.165, 1.54) is 30.5 Å². The first-order valence-electron chi connectivity index (χ1n) is 13.4. The van der Waals surface area contributed by atoms with Crippen LogP contribution in [0.2, 0.25) is 0 Å². The van der Waals surface area contributed by atoms with Crippen LogP contribution in [0.5, 0.6) is 0 Å². The van der Waals surface area contributed by atoms with Gasteiger partial charge in [0, 0.05) is 64.6 Å². The number of piperidine rings is 1. The van der Waals surface area contributed by atoms with E-state index >= 15 is 0 Å². The maximum absolute atomic E-state index is 13.1. The molecule has 2 aromatic carbocycles. The Bertz CT molecular complexity index is 1250. The molecule has 0 unspecified atom stereocenters. The van der Waals surface area contributed by atoms with Crippen molar-refractivity contribution in [2.24, 2.45) is 0 Å². The molecule has 2 aliphatic rings. The number of rotatable bonds is 7. The lowest BCUT2D eigenvalue weighted by Crippen LogP contribution is -2.48. The number of nitrogens with zero attached hydrogens (tertiary/aromatic N) is 4. The van der Waals surface area contributed by atoms with Crippen molar-refractivity contribution in [3.05, 3.63) is 101 Å². The standard InChI is InChI=1S/C30H33F2N5O2/c31-25-6-1-22(2-7-25)20-35-13-11-27(12-14-35)34-29(38)24-5-10-28(33-19-24)30(39)37-17-15-36(16-18-37)21-23-3-8-26(32)9-4-23/h1-10,19,27H,11-18,20-21H2,(H,34,38). The van der Waals surface area contributed by atoms with Crippen LogP contribution >= 0.6 is 0 Å². The van der Waals surface area contributed by atoms with Gasteiger partial charge in [0.1, 0.15) is 17.3 Å². The Morgan fingerprint density at radius 3 is 1.79 bits per heavy atom. The van der Waals surface area contributed by atoms with Crippen molar-refractivity contribution in [2.75, 3.05) is 39.3 Å². The Kier molecular flexibility index (Phi) is 8.58. The van der Waals surface area contributed by atoms with Gasteiger partial charge in [0.25, 0.3) is 11.8 Å². The van der Waals surface area contributed by atoms with E-state index in [4.69, 9.17) is 0 Å². The van der Waals surface area contributed by atoms with Gasteiger partial charge in [0.15, 0.2) is 0 Å². The zero-order valence-electron chi connectivity index (χ0n) is 21.9. The number of amides is 2. The van der Waals surface area contributed by atoms with Crippen LogP contribution in [0.1, 0.15) is 44.8 Å². The fourth-order valence-electron chi connectivity index (χ4n) is 5.13. The maximum Gasteiger partial charge on any atom is 0.272 e. The molecule has 3 heterocycles. The first kappa shape index (κ1) is 26.9. The molecule has 204 valence electrons. The lowest BCUT2D eigenvalue weighted by Gasteiger charge is -2.34. The third-order valence-corrected chi connectivity index (χ3v) is 7.47. The number of piperazine rings is 1. The lowest BCUT2D eigenvalue weighted by molar-refractivity contribution is 0.0622. The zero-order valence-corrected chi connectivity index (χ0v) is 21.9. The number of carbonyl (C=O) groups is 2. The molecule has 0 atom stereocenters. The molecule has 7 nitrogen and oxygen atoms in total. The van der Waals surface area contributed by atoms with Crippen molar-refractivity contribution in [3.8, 4) is 0 Å². The highest BCUT2D eigenvalue weighted by Crippen LogP contribution is 2.16. The van der Waals surface area contributed by atoms with Gasteiger partial charge in [-0.1, -0.05) is 24.3 Å². The number of likely N-dealkylation sites (tertiary alicyclic amines) is 1. The van der Waals surface area contributed by atoms with Crippen LogP contribution in [0.15, 0.2) is 66.9 Å². The predicted octanol–water partition coefficient (Wildman–Crippen LogP) is 3.71. The summed E-state index contributed by atoms with van der Waals surface area (Å²) >= 11 is 0. The van der Waals surface area contributed by atoms with Gasteiger partial charge in [0.05, 0.1) is 5.56 Å². The molecule has 39 heavy (non-hydrogen) atoms. The summed E-state index contributed by atoms with van der Waals surface area (Å²) in [5.41, 5.74) is 2.88. The molecular formula is C30H33F2N5O2. The van der Waals surface area contributed by atoms with Gasteiger partial charge in [-0.25, -0.2) is 8.78 Å². The Labute approximate surface area is 227 Å². The average molecular weight is 534 g/mol. The molecule has 0 aliphatic carbocycles. The minimum Gasteiger partial charge on any atom is -0.349 e. The molecule has 1 N–H and O–H groups in total. The summed E-state index contributed by atoms with van der Waals surface area (Å²) in [5, 5.41) is 3.09. The Morgan fingerprint density at radius 1 is 0.744 bits per heavy atom. The van der Waals surface area contributed by atoms with Gasteiger partial charge in [-0.05, 0) is 60.4 Å². The van der Waals surface area contributed by atoms with Gasteiger partial charge < -0.3 is 10.2 Å². The highest BCUT2D eigenvalue weighted by Gasteiger charge is 2.24. The van der Waals surface area contributed by atoms with Crippen molar-refractivity contribution < 1.29 is 18.4 Å². The second-order valence-corrected chi connectivity index (χ2v) is 10.3. The topological polar surface area (TPSA) is 68.8 Å². The van der Waals surface area contributed by atoms with Crippen LogP contribution in [-0.4, -0.2) is 76.8 Å². The minimum absolute atomic E-state index is 0.0782. The zero-order chi connectivity index (χ0) is 27.2. The van der Waals surface area contributed by atoms with Crippen molar-refractivity contribution >= 4 is 11.8 Å². The van der Waals surface area contributed by atoms with E-state index in [0.29, 0.717) is 24.3 Å². The fraction of sp³-hybridized carbons (Fsp3) is 0.367. The number of benzene rings is 2. The molecule has 0 saturated carbocycles. The quantitative estimate of drug-likeness (QED) is 0.502. The van der Waals surface area contributed by atoms with E-state index in [-0.39, 0.29) is 29.5 Å². The molecule has 2 aliphatic heterocycles. The van der Waals surface area contributed by atoms with E-state index in [1.54, 1.807) is 41.3 Å². The summed E-state index contributed by atoms with van der Waals surface area (Å²) in [7, 11) is 0. The van der Waals surface area contributed by atoms with Crippen LogP contribution in [0.3, 0.4) is 0 Å². The molecule has 1 aromatic heterocycles. The largest absolute Gasteiger partial charge is 0.349 e. The molecule has 2 fully saturated rings. The SMILES string of the molecule is O=C(NC1CCN(Cc2ccc(F)cc2)CC1)c1ccc(C(=O)N2CCN(Cc3ccc(F)cc3)CC2)nc1. The van der Waals surface area contributed by atoms with Crippen LogP contribution in [0.25, 0.3) is 0 Å². The first-order chi connectivity index (χ1) is 18.9. The van der Waals surface area contributed by atoms with E-state index in [1.807, 2.05) is 0 Å². The van der Waals surface area contributed by atoms with E-state index in [0.717, 1.165) is 63.2 Å². The fourth-order valence-corrected chi connectivity index (χ4v) is 5.13. The predicted molar refractivity (Wildman–Crippen MR) is 144 cm³/mol. The second kappa shape index (κ2) is 12.4. The van der Waals surface area contributed by atoms with E-state index < -0.39 is 0 Å². The summed E-state index contributed by atoms with van der Waals surface area (Å²) in [4.78, 5) is 36.4.